The van der Waals surface area contributed by atoms with E-state index in [1.54, 1.807) is 11.8 Å². The molecule has 0 unspecified atom stereocenters. The molecule has 1 aliphatic heterocycles. The highest BCUT2D eigenvalue weighted by Gasteiger charge is 2.24. The van der Waals surface area contributed by atoms with Gasteiger partial charge in [0.2, 0.25) is 0 Å². The lowest BCUT2D eigenvalue weighted by atomic mass is 10.1. The molecule has 0 saturated carbocycles. The molecule has 9 heteroatoms. The maximum atomic E-state index is 13.9. The largest absolute Gasteiger partial charge is 0.450 e. The van der Waals surface area contributed by atoms with Gasteiger partial charge in [0.1, 0.15) is 5.82 Å². The lowest BCUT2D eigenvalue weighted by molar-refractivity contribution is 0.0963. The van der Waals surface area contributed by atoms with Crippen molar-refractivity contribution in [3.8, 4) is 6.07 Å². The Hall–Kier alpha value is -2.09. The highest BCUT2D eigenvalue weighted by atomic mass is 127. The zero-order valence-electron chi connectivity index (χ0n) is 16.2. The topological polar surface area (TPSA) is 89.8 Å². The number of nitrogens with zero attached hydrogens (tertiary/aromatic N) is 3. The van der Waals surface area contributed by atoms with E-state index in [9.17, 15) is 9.18 Å². The minimum atomic E-state index is -0.378. The smallest absolute Gasteiger partial charge is 0.409 e. The van der Waals surface area contributed by atoms with Crippen LogP contribution in [-0.4, -0.2) is 49.2 Å². The molecule has 0 spiro atoms. The number of carbonyl (C=O) groups is 1. The van der Waals surface area contributed by atoms with Crippen LogP contribution in [0.25, 0.3) is 0 Å². The average Bonchev–Trinajstić information content (AvgIpc) is 2.68. The fourth-order valence-corrected chi connectivity index (χ4v) is 2.86. The van der Waals surface area contributed by atoms with Crippen LogP contribution >= 0.6 is 24.0 Å². The van der Waals surface area contributed by atoms with Gasteiger partial charge in [0, 0.05) is 31.2 Å². The van der Waals surface area contributed by atoms with Crippen LogP contribution in [0.2, 0.25) is 0 Å². The molecule has 1 amide bonds. The Labute approximate surface area is 182 Å². The van der Waals surface area contributed by atoms with E-state index < -0.39 is 0 Å². The van der Waals surface area contributed by atoms with Gasteiger partial charge in [-0.05, 0) is 44.9 Å². The van der Waals surface area contributed by atoms with E-state index in [1.807, 2.05) is 13.0 Å². The van der Waals surface area contributed by atoms with Crippen molar-refractivity contribution < 1.29 is 13.9 Å². The Balaban J connectivity index is 0.00000392. The van der Waals surface area contributed by atoms with Crippen molar-refractivity contribution in [3.63, 3.8) is 0 Å². The number of rotatable bonds is 5. The van der Waals surface area contributed by atoms with Crippen molar-refractivity contribution >= 4 is 36.0 Å². The number of halogens is 2. The highest BCUT2D eigenvalue weighted by molar-refractivity contribution is 14.0. The first-order valence-corrected chi connectivity index (χ1v) is 9.22. The van der Waals surface area contributed by atoms with Crippen LogP contribution in [0.3, 0.4) is 0 Å². The van der Waals surface area contributed by atoms with Crippen molar-refractivity contribution in [2.45, 2.75) is 39.3 Å². The molecule has 1 aromatic rings. The van der Waals surface area contributed by atoms with Crippen LogP contribution in [-0.2, 0) is 11.3 Å². The summed E-state index contributed by atoms with van der Waals surface area (Å²) in [7, 11) is 0. The van der Waals surface area contributed by atoms with E-state index in [0.29, 0.717) is 43.3 Å². The summed E-state index contributed by atoms with van der Waals surface area (Å²) in [4.78, 5) is 17.9. The number of nitriles is 1. The summed E-state index contributed by atoms with van der Waals surface area (Å²) in [5, 5.41) is 15.4. The van der Waals surface area contributed by atoms with Gasteiger partial charge >= 0.3 is 6.09 Å². The Kier molecular flexibility index (Phi) is 10.6. The Morgan fingerprint density at radius 2 is 2.11 bits per heavy atom. The molecular weight excluding hydrogens is 476 g/mol. The van der Waals surface area contributed by atoms with Gasteiger partial charge in [-0.25, -0.2) is 14.2 Å². The second kappa shape index (κ2) is 12.4. The predicted octanol–water partition coefficient (Wildman–Crippen LogP) is 2.99. The number of piperidine rings is 1. The van der Waals surface area contributed by atoms with Crippen LogP contribution in [0.1, 0.15) is 37.8 Å². The minimum absolute atomic E-state index is 0. The molecular formula is C19H27FIN5O2. The fourth-order valence-electron chi connectivity index (χ4n) is 2.86. The lowest BCUT2D eigenvalue weighted by Crippen LogP contribution is -2.49. The summed E-state index contributed by atoms with van der Waals surface area (Å²) in [5.41, 5.74) is 0.786. The van der Waals surface area contributed by atoms with Crippen molar-refractivity contribution in [1.82, 2.24) is 15.5 Å². The SMILES string of the molecule is CCNC(=NCc1cc(C#N)ccc1F)NC1CCN(C(=O)OCC)CC1.I. The number of guanidine groups is 1. The van der Waals surface area contributed by atoms with Crippen LogP contribution < -0.4 is 10.6 Å². The number of likely N-dealkylation sites (tertiary alicyclic amines) is 1. The molecule has 0 radical (unpaired) electrons. The van der Waals surface area contributed by atoms with Crippen LogP contribution in [0.15, 0.2) is 23.2 Å². The van der Waals surface area contributed by atoms with E-state index in [-0.39, 0.29) is 48.5 Å². The summed E-state index contributed by atoms with van der Waals surface area (Å²) in [5.74, 6) is 0.213. The monoisotopic (exact) mass is 503 g/mol. The quantitative estimate of drug-likeness (QED) is 0.367. The van der Waals surface area contributed by atoms with Crippen molar-refractivity contribution in [2.75, 3.05) is 26.2 Å². The number of amides is 1. The molecule has 1 heterocycles. The lowest BCUT2D eigenvalue weighted by Gasteiger charge is -2.32. The Bertz CT molecular complexity index is 715. The summed E-state index contributed by atoms with van der Waals surface area (Å²) in [6, 6.07) is 6.43. The molecule has 28 heavy (non-hydrogen) atoms. The van der Waals surface area contributed by atoms with Crippen molar-refractivity contribution in [2.24, 2.45) is 4.99 Å². The molecule has 1 fully saturated rings. The number of carbonyl (C=O) groups excluding carboxylic acids is 1. The molecule has 1 aromatic carbocycles. The first-order valence-electron chi connectivity index (χ1n) is 9.22. The summed E-state index contributed by atoms with van der Waals surface area (Å²) >= 11 is 0. The maximum absolute atomic E-state index is 13.9. The van der Waals surface area contributed by atoms with E-state index in [4.69, 9.17) is 10.00 Å². The van der Waals surface area contributed by atoms with Gasteiger partial charge in [-0.3, -0.25) is 0 Å². The Morgan fingerprint density at radius 3 is 2.71 bits per heavy atom. The fraction of sp³-hybridized carbons (Fsp3) is 0.526. The average molecular weight is 503 g/mol. The normalized spacial score (nSPS) is 14.6. The van der Waals surface area contributed by atoms with Gasteiger partial charge in [0.25, 0.3) is 0 Å². The molecule has 0 aliphatic carbocycles. The molecule has 1 saturated heterocycles. The number of hydrogen-bond donors (Lipinski definition) is 2. The molecule has 2 N–H and O–H groups in total. The predicted molar refractivity (Wildman–Crippen MR) is 116 cm³/mol. The van der Waals surface area contributed by atoms with Crippen LogP contribution in [0.4, 0.5) is 9.18 Å². The van der Waals surface area contributed by atoms with Gasteiger partial charge in [-0.1, -0.05) is 0 Å². The van der Waals surface area contributed by atoms with Crippen LogP contribution in [0.5, 0.6) is 0 Å². The second-order valence-electron chi connectivity index (χ2n) is 6.22. The third kappa shape index (κ3) is 7.14. The second-order valence-corrected chi connectivity index (χ2v) is 6.22. The van der Waals surface area contributed by atoms with Crippen molar-refractivity contribution in [1.29, 1.82) is 5.26 Å². The zero-order valence-corrected chi connectivity index (χ0v) is 18.5. The van der Waals surface area contributed by atoms with E-state index in [2.05, 4.69) is 15.6 Å². The summed E-state index contributed by atoms with van der Waals surface area (Å²) < 4.78 is 18.9. The molecule has 0 atom stereocenters. The number of ether oxygens (including phenoxy) is 1. The van der Waals surface area contributed by atoms with Gasteiger partial charge in [0.15, 0.2) is 5.96 Å². The number of aliphatic imine (C=N–C) groups is 1. The van der Waals surface area contributed by atoms with Gasteiger partial charge < -0.3 is 20.3 Å². The molecule has 1 aliphatic rings. The molecule has 2 rings (SSSR count). The van der Waals surface area contributed by atoms with E-state index in [1.165, 1.54) is 18.2 Å². The first kappa shape index (κ1) is 23.9. The van der Waals surface area contributed by atoms with Crippen LogP contribution in [0, 0.1) is 17.1 Å². The zero-order chi connectivity index (χ0) is 19.6. The minimum Gasteiger partial charge on any atom is -0.450 e. The Morgan fingerprint density at radius 1 is 1.39 bits per heavy atom. The third-order valence-corrected chi connectivity index (χ3v) is 4.29. The van der Waals surface area contributed by atoms with Gasteiger partial charge in [0.05, 0.1) is 24.8 Å². The number of benzene rings is 1. The number of hydrogen-bond acceptors (Lipinski definition) is 4. The molecule has 0 aromatic heterocycles. The van der Waals surface area contributed by atoms with Gasteiger partial charge in [-0.2, -0.15) is 5.26 Å². The number of nitrogens with one attached hydrogen (secondary N) is 2. The summed E-state index contributed by atoms with van der Waals surface area (Å²) in [6.07, 6.45) is 1.28. The van der Waals surface area contributed by atoms with Gasteiger partial charge in [-0.15, -0.1) is 24.0 Å². The molecule has 7 nitrogen and oxygen atoms in total. The summed E-state index contributed by atoms with van der Waals surface area (Å²) in [6.45, 7) is 6.17. The molecule has 154 valence electrons. The highest BCUT2D eigenvalue weighted by Crippen LogP contribution is 2.13. The van der Waals surface area contributed by atoms with E-state index >= 15 is 0 Å². The molecule has 0 bridgehead atoms. The standard InChI is InChI=1S/C19H26FN5O2.HI/c1-3-22-18(23-13-15-11-14(12-21)5-6-17(15)20)24-16-7-9-25(10-8-16)19(26)27-4-2;/h5-6,11,16H,3-4,7-10,13H2,1-2H3,(H2,22,23,24);1H. The third-order valence-electron chi connectivity index (χ3n) is 4.29. The first-order chi connectivity index (χ1) is 13.1. The van der Waals surface area contributed by atoms with E-state index in [0.717, 1.165) is 12.8 Å². The maximum Gasteiger partial charge on any atom is 0.409 e. The van der Waals surface area contributed by atoms with Crippen molar-refractivity contribution in [3.05, 3.63) is 35.1 Å².